The summed E-state index contributed by atoms with van der Waals surface area (Å²) in [5.41, 5.74) is 1.04. The zero-order chi connectivity index (χ0) is 15.1. The quantitative estimate of drug-likeness (QED) is 0.818. The number of halogens is 2. The number of carbonyl (C=O) groups excluding carboxylic acids is 1. The highest BCUT2D eigenvalue weighted by atomic mass is 35.5. The molecule has 0 bridgehead atoms. The van der Waals surface area contributed by atoms with Crippen molar-refractivity contribution in [2.75, 3.05) is 33.7 Å². The van der Waals surface area contributed by atoms with Gasteiger partial charge in [-0.3, -0.25) is 9.69 Å². The summed E-state index contributed by atoms with van der Waals surface area (Å²) in [4.78, 5) is 14.4. The van der Waals surface area contributed by atoms with Gasteiger partial charge in [-0.2, -0.15) is 0 Å². The first kappa shape index (κ1) is 22.2. The number of rotatable bonds is 6. The standard InChI is InChI=1S/C17H27N3O.2ClH/c1-20(2)16(15-8-4-3-5-9-15)17(21)19-12-10-14-7-6-11-18-13-14;;/h3-5,8-9,14,16,18H,6-7,10-13H2,1-2H3,(H,19,21);2*1H. The Morgan fingerprint density at radius 2 is 2.00 bits per heavy atom. The molecule has 1 fully saturated rings. The van der Waals surface area contributed by atoms with E-state index in [1.54, 1.807) is 0 Å². The summed E-state index contributed by atoms with van der Waals surface area (Å²) in [6.07, 6.45) is 3.59. The van der Waals surface area contributed by atoms with Gasteiger partial charge in [-0.15, -0.1) is 24.8 Å². The topological polar surface area (TPSA) is 44.4 Å². The van der Waals surface area contributed by atoms with Crippen molar-refractivity contribution in [2.24, 2.45) is 5.92 Å². The van der Waals surface area contributed by atoms with Crippen LogP contribution in [-0.2, 0) is 4.79 Å². The van der Waals surface area contributed by atoms with Crippen LogP contribution in [0.2, 0.25) is 0 Å². The average Bonchev–Trinajstić information content (AvgIpc) is 2.49. The van der Waals surface area contributed by atoms with Crippen molar-refractivity contribution in [3.8, 4) is 0 Å². The van der Waals surface area contributed by atoms with Crippen LogP contribution < -0.4 is 10.6 Å². The van der Waals surface area contributed by atoms with Crippen LogP contribution in [0.15, 0.2) is 30.3 Å². The third kappa shape index (κ3) is 7.08. The number of nitrogens with one attached hydrogen (secondary N) is 2. The first-order chi connectivity index (χ1) is 10.2. The lowest BCUT2D eigenvalue weighted by Gasteiger charge is -2.25. The molecule has 1 aliphatic heterocycles. The molecule has 2 atom stereocenters. The lowest BCUT2D eigenvalue weighted by molar-refractivity contribution is -0.125. The number of benzene rings is 1. The molecule has 1 aliphatic rings. The summed E-state index contributed by atoms with van der Waals surface area (Å²) >= 11 is 0. The van der Waals surface area contributed by atoms with Crippen molar-refractivity contribution < 1.29 is 4.79 Å². The zero-order valence-corrected chi connectivity index (χ0v) is 15.6. The molecular formula is C17H29Cl2N3O. The number of hydrogen-bond acceptors (Lipinski definition) is 3. The van der Waals surface area contributed by atoms with Crippen LogP contribution in [0, 0.1) is 5.92 Å². The van der Waals surface area contributed by atoms with Crippen LogP contribution >= 0.6 is 24.8 Å². The van der Waals surface area contributed by atoms with Crippen molar-refractivity contribution in [2.45, 2.75) is 25.3 Å². The summed E-state index contributed by atoms with van der Waals surface area (Å²) in [7, 11) is 3.89. The molecule has 0 aromatic heterocycles. The second-order valence-electron chi connectivity index (χ2n) is 6.07. The molecule has 0 saturated carbocycles. The highest BCUT2D eigenvalue weighted by Gasteiger charge is 2.22. The molecule has 0 spiro atoms. The molecule has 2 N–H and O–H groups in total. The monoisotopic (exact) mass is 361 g/mol. The molecule has 0 radical (unpaired) electrons. The first-order valence-electron chi connectivity index (χ1n) is 7.88. The number of carbonyl (C=O) groups is 1. The smallest absolute Gasteiger partial charge is 0.241 e. The lowest BCUT2D eigenvalue weighted by Crippen LogP contribution is -2.39. The fourth-order valence-electron chi connectivity index (χ4n) is 2.99. The second-order valence-corrected chi connectivity index (χ2v) is 6.07. The predicted molar refractivity (Wildman–Crippen MR) is 101 cm³/mol. The van der Waals surface area contributed by atoms with Crippen molar-refractivity contribution in [3.05, 3.63) is 35.9 Å². The molecule has 23 heavy (non-hydrogen) atoms. The van der Waals surface area contributed by atoms with E-state index in [0.29, 0.717) is 5.92 Å². The maximum Gasteiger partial charge on any atom is 0.241 e. The van der Waals surface area contributed by atoms with Gasteiger partial charge < -0.3 is 10.6 Å². The summed E-state index contributed by atoms with van der Waals surface area (Å²) in [5, 5.41) is 6.52. The average molecular weight is 362 g/mol. The molecule has 2 rings (SSSR count). The molecule has 1 heterocycles. The predicted octanol–water partition coefficient (Wildman–Crippen LogP) is 2.64. The van der Waals surface area contributed by atoms with E-state index in [-0.39, 0.29) is 36.8 Å². The number of hydrogen-bond donors (Lipinski definition) is 2. The highest BCUT2D eigenvalue weighted by Crippen LogP contribution is 2.18. The number of nitrogens with zero attached hydrogens (tertiary/aromatic N) is 1. The van der Waals surface area contributed by atoms with Gasteiger partial charge in [0.05, 0.1) is 0 Å². The Hall–Kier alpha value is -0.810. The van der Waals surface area contributed by atoms with Crippen LogP contribution in [0.3, 0.4) is 0 Å². The van der Waals surface area contributed by atoms with E-state index in [2.05, 4.69) is 10.6 Å². The molecule has 1 aromatic rings. The Kier molecular flexibility index (Phi) is 11.3. The van der Waals surface area contributed by atoms with Crippen molar-refractivity contribution in [1.29, 1.82) is 0 Å². The summed E-state index contributed by atoms with van der Waals surface area (Å²) in [6.45, 7) is 2.99. The Morgan fingerprint density at radius 3 is 2.57 bits per heavy atom. The van der Waals surface area contributed by atoms with Gasteiger partial charge in [-0.05, 0) is 57.9 Å². The van der Waals surface area contributed by atoms with Gasteiger partial charge in [0.15, 0.2) is 0 Å². The third-order valence-corrected chi connectivity index (χ3v) is 4.13. The van der Waals surface area contributed by atoms with Crippen molar-refractivity contribution >= 4 is 30.7 Å². The number of likely N-dealkylation sites (N-methyl/N-ethyl adjacent to an activating group) is 1. The van der Waals surface area contributed by atoms with Gasteiger partial charge in [-0.25, -0.2) is 0 Å². The molecule has 6 heteroatoms. The van der Waals surface area contributed by atoms with E-state index < -0.39 is 0 Å². The molecular weight excluding hydrogens is 333 g/mol. The van der Waals surface area contributed by atoms with Crippen LogP contribution in [0.1, 0.15) is 30.9 Å². The van der Waals surface area contributed by atoms with E-state index in [0.717, 1.165) is 31.6 Å². The van der Waals surface area contributed by atoms with E-state index in [1.165, 1.54) is 12.8 Å². The van der Waals surface area contributed by atoms with E-state index in [9.17, 15) is 4.79 Å². The summed E-state index contributed by atoms with van der Waals surface area (Å²) in [6, 6.07) is 9.74. The normalized spacial score (nSPS) is 18.5. The van der Waals surface area contributed by atoms with E-state index in [4.69, 9.17) is 0 Å². The second kappa shape index (κ2) is 11.7. The molecule has 4 nitrogen and oxygen atoms in total. The maximum atomic E-state index is 12.5. The molecule has 0 aliphatic carbocycles. The van der Waals surface area contributed by atoms with E-state index >= 15 is 0 Å². The minimum absolute atomic E-state index is 0. The Balaban J connectivity index is 0.00000242. The van der Waals surface area contributed by atoms with Crippen LogP contribution in [0.25, 0.3) is 0 Å². The summed E-state index contributed by atoms with van der Waals surface area (Å²) < 4.78 is 0. The largest absolute Gasteiger partial charge is 0.354 e. The van der Waals surface area contributed by atoms with Crippen LogP contribution in [0.5, 0.6) is 0 Å². The fraction of sp³-hybridized carbons (Fsp3) is 0.588. The first-order valence-corrected chi connectivity index (χ1v) is 7.88. The van der Waals surface area contributed by atoms with Gasteiger partial charge in [-0.1, -0.05) is 30.3 Å². The Bertz CT molecular complexity index is 437. The van der Waals surface area contributed by atoms with Gasteiger partial charge in [0.2, 0.25) is 5.91 Å². The lowest BCUT2D eigenvalue weighted by atomic mass is 9.96. The van der Waals surface area contributed by atoms with Gasteiger partial charge in [0, 0.05) is 6.54 Å². The maximum absolute atomic E-state index is 12.5. The third-order valence-electron chi connectivity index (χ3n) is 4.13. The van der Waals surface area contributed by atoms with Crippen molar-refractivity contribution in [3.63, 3.8) is 0 Å². The molecule has 2 unspecified atom stereocenters. The Morgan fingerprint density at radius 1 is 1.30 bits per heavy atom. The Labute approximate surface area is 152 Å². The number of piperidine rings is 1. The minimum Gasteiger partial charge on any atom is -0.354 e. The highest BCUT2D eigenvalue weighted by molar-refractivity contribution is 5.85. The van der Waals surface area contributed by atoms with Gasteiger partial charge >= 0.3 is 0 Å². The molecule has 1 saturated heterocycles. The van der Waals surface area contributed by atoms with Crippen LogP contribution in [-0.4, -0.2) is 44.5 Å². The molecule has 1 amide bonds. The molecule has 1 aromatic carbocycles. The van der Waals surface area contributed by atoms with Crippen molar-refractivity contribution in [1.82, 2.24) is 15.5 Å². The van der Waals surface area contributed by atoms with Gasteiger partial charge in [0.25, 0.3) is 0 Å². The van der Waals surface area contributed by atoms with E-state index in [1.807, 2.05) is 49.3 Å². The minimum atomic E-state index is -0.212. The summed E-state index contributed by atoms with van der Waals surface area (Å²) in [5.74, 6) is 0.795. The van der Waals surface area contributed by atoms with Crippen LogP contribution in [0.4, 0.5) is 0 Å². The fourth-order valence-corrected chi connectivity index (χ4v) is 2.99. The SMILES string of the molecule is CN(C)C(C(=O)NCCC1CCCNC1)c1ccccc1.Cl.Cl. The number of amides is 1. The zero-order valence-electron chi connectivity index (χ0n) is 14.0. The molecule has 132 valence electrons. The van der Waals surface area contributed by atoms with Gasteiger partial charge in [0.1, 0.15) is 6.04 Å².